The molecule has 0 atom stereocenters. The van der Waals surface area contributed by atoms with Crippen molar-refractivity contribution in [2.45, 2.75) is 33.2 Å². The van der Waals surface area contributed by atoms with E-state index in [2.05, 4.69) is 36.3 Å². The Morgan fingerprint density at radius 3 is 2.58 bits per heavy atom. The fraction of sp³-hybridized carbons (Fsp3) is 0.350. The molecule has 0 unspecified atom stereocenters. The predicted molar refractivity (Wildman–Crippen MR) is 119 cm³/mol. The highest BCUT2D eigenvalue weighted by Crippen LogP contribution is 2.28. The van der Waals surface area contributed by atoms with E-state index in [0.29, 0.717) is 24.9 Å². The zero-order chi connectivity index (χ0) is 18.1. The number of hydrogen-bond acceptors (Lipinski definition) is 3. The van der Waals surface area contributed by atoms with Gasteiger partial charge in [-0.05, 0) is 48.2 Å². The Kier molecular flexibility index (Phi) is 9.87. The highest BCUT2D eigenvalue weighted by atomic mass is 127. The quantitative estimate of drug-likeness (QED) is 0.337. The van der Waals surface area contributed by atoms with Crippen molar-refractivity contribution in [1.29, 1.82) is 0 Å². The van der Waals surface area contributed by atoms with Crippen LogP contribution in [0.5, 0.6) is 11.5 Å². The lowest BCUT2D eigenvalue weighted by atomic mass is 10.1. The molecule has 3 N–H and O–H groups in total. The minimum absolute atomic E-state index is 0. The van der Waals surface area contributed by atoms with Crippen molar-refractivity contribution < 1.29 is 9.47 Å². The van der Waals surface area contributed by atoms with Gasteiger partial charge >= 0.3 is 0 Å². The van der Waals surface area contributed by atoms with Crippen molar-refractivity contribution in [2.75, 3.05) is 19.0 Å². The van der Waals surface area contributed by atoms with Crippen molar-refractivity contribution in [3.63, 3.8) is 0 Å². The van der Waals surface area contributed by atoms with E-state index in [1.165, 1.54) is 5.56 Å². The van der Waals surface area contributed by atoms with Gasteiger partial charge < -0.3 is 20.5 Å². The average molecular weight is 469 g/mol. The molecule has 142 valence electrons. The number of aryl methyl sites for hydroxylation is 1. The molecule has 26 heavy (non-hydrogen) atoms. The first-order valence-corrected chi connectivity index (χ1v) is 8.61. The molecule has 0 aliphatic heterocycles. The molecular weight excluding hydrogens is 441 g/mol. The molecule has 6 heteroatoms. The van der Waals surface area contributed by atoms with Crippen molar-refractivity contribution >= 4 is 35.6 Å². The summed E-state index contributed by atoms with van der Waals surface area (Å²) in [7, 11) is 1.64. The number of anilines is 1. The average Bonchev–Trinajstić information content (AvgIpc) is 2.65. The van der Waals surface area contributed by atoms with Gasteiger partial charge in [-0.15, -0.1) is 24.0 Å². The van der Waals surface area contributed by atoms with Gasteiger partial charge in [-0.1, -0.05) is 32.0 Å². The Morgan fingerprint density at radius 2 is 1.88 bits per heavy atom. The summed E-state index contributed by atoms with van der Waals surface area (Å²) in [5.74, 6) is 1.85. The van der Waals surface area contributed by atoms with Gasteiger partial charge in [0.1, 0.15) is 0 Å². The summed E-state index contributed by atoms with van der Waals surface area (Å²) in [5, 5.41) is 3.13. The third kappa shape index (κ3) is 6.74. The molecule has 0 saturated heterocycles. The summed E-state index contributed by atoms with van der Waals surface area (Å²) in [6.45, 7) is 5.33. The molecule has 0 heterocycles. The van der Waals surface area contributed by atoms with E-state index in [1.54, 1.807) is 7.11 Å². The molecule has 2 aromatic rings. The van der Waals surface area contributed by atoms with Crippen LogP contribution in [0.4, 0.5) is 5.69 Å². The number of methoxy groups -OCH3 is 1. The van der Waals surface area contributed by atoms with Crippen molar-refractivity contribution in [3.05, 3.63) is 53.6 Å². The highest BCUT2D eigenvalue weighted by molar-refractivity contribution is 14.0. The lowest BCUT2D eigenvalue weighted by Gasteiger charge is -2.11. The largest absolute Gasteiger partial charge is 0.493 e. The first-order valence-electron chi connectivity index (χ1n) is 8.61. The molecular formula is C20H28IN3O2. The molecule has 0 bridgehead atoms. The van der Waals surface area contributed by atoms with Crippen LogP contribution in [0.1, 0.15) is 31.4 Å². The number of aliphatic imine (C=N–C) groups is 1. The fourth-order valence-electron chi connectivity index (χ4n) is 2.37. The van der Waals surface area contributed by atoms with Gasteiger partial charge in [-0.3, -0.25) is 0 Å². The maximum Gasteiger partial charge on any atom is 0.193 e. The maximum atomic E-state index is 5.99. The standard InChI is InChI=1S/C20H27N3O2.HI/c1-4-11-25-18-10-9-16(13-19(18)24-3)14-22-20(21)23-17-8-6-7-15(5-2)12-17;/h6-10,12-13H,4-5,11,14H2,1-3H3,(H3,21,22,23);1H. The van der Waals surface area contributed by atoms with Crippen LogP contribution in [-0.4, -0.2) is 19.7 Å². The summed E-state index contributed by atoms with van der Waals surface area (Å²) >= 11 is 0. The van der Waals surface area contributed by atoms with E-state index in [1.807, 2.05) is 30.3 Å². The van der Waals surface area contributed by atoms with Crippen molar-refractivity contribution in [2.24, 2.45) is 10.7 Å². The number of halogens is 1. The van der Waals surface area contributed by atoms with Gasteiger partial charge in [0.15, 0.2) is 17.5 Å². The van der Waals surface area contributed by atoms with Gasteiger partial charge in [-0.2, -0.15) is 0 Å². The first-order chi connectivity index (χ1) is 12.2. The van der Waals surface area contributed by atoms with E-state index >= 15 is 0 Å². The molecule has 0 fully saturated rings. The van der Waals surface area contributed by atoms with Crippen LogP contribution in [0.3, 0.4) is 0 Å². The zero-order valence-corrected chi connectivity index (χ0v) is 17.9. The lowest BCUT2D eigenvalue weighted by molar-refractivity contribution is 0.294. The minimum Gasteiger partial charge on any atom is -0.493 e. The summed E-state index contributed by atoms with van der Waals surface area (Å²) in [6.07, 6.45) is 1.94. The molecule has 2 aromatic carbocycles. The summed E-state index contributed by atoms with van der Waals surface area (Å²) < 4.78 is 11.1. The third-order valence-corrected chi connectivity index (χ3v) is 3.73. The molecule has 0 aromatic heterocycles. The minimum atomic E-state index is 0. The van der Waals surface area contributed by atoms with Gasteiger partial charge in [0, 0.05) is 5.69 Å². The number of hydrogen-bond donors (Lipinski definition) is 2. The van der Waals surface area contributed by atoms with Crippen LogP contribution in [0.15, 0.2) is 47.5 Å². The molecule has 2 rings (SSSR count). The number of ether oxygens (including phenoxy) is 2. The van der Waals surface area contributed by atoms with E-state index in [-0.39, 0.29) is 24.0 Å². The Labute approximate surface area is 173 Å². The number of nitrogens with one attached hydrogen (secondary N) is 1. The monoisotopic (exact) mass is 469 g/mol. The molecule has 5 nitrogen and oxygen atoms in total. The van der Waals surface area contributed by atoms with E-state index in [4.69, 9.17) is 15.2 Å². The fourth-order valence-corrected chi connectivity index (χ4v) is 2.37. The number of rotatable bonds is 8. The second-order valence-corrected chi connectivity index (χ2v) is 5.71. The van der Waals surface area contributed by atoms with Crippen LogP contribution in [0.2, 0.25) is 0 Å². The second-order valence-electron chi connectivity index (χ2n) is 5.71. The summed E-state index contributed by atoms with van der Waals surface area (Å²) in [6, 6.07) is 14.0. The Morgan fingerprint density at radius 1 is 1.08 bits per heavy atom. The van der Waals surface area contributed by atoms with E-state index in [9.17, 15) is 0 Å². The summed E-state index contributed by atoms with van der Waals surface area (Å²) in [5.41, 5.74) is 9.20. The maximum absolute atomic E-state index is 5.99. The smallest absolute Gasteiger partial charge is 0.193 e. The van der Waals surface area contributed by atoms with Gasteiger partial charge in [-0.25, -0.2) is 4.99 Å². The molecule has 0 aliphatic rings. The van der Waals surface area contributed by atoms with Gasteiger partial charge in [0.05, 0.1) is 20.3 Å². The van der Waals surface area contributed by atoms with Crippen LogP contribution in [0.25, 0.3) is 0 Å². The highest BCUT2D eigenvalue weighted by Gasteiger charge is 2.05. The van der Waals surface area contributed by atoms with Crippen LogP contribution in [0, 0.1) is 0 Å². The normalized spacial score (nSPS) is 10.8. The van der Waals surface area contributed by atoms with Crippen molar-refractivity contribution in [3.8, 4) is 11.5 Å². The molecule has 0 amide bonds. The van der Waals surface area contributed by atoms with E-state index in [0.717, 1.165) is 29.8 Å². The third-order valence-electron chi connectivity index (χ3n) is 3.73. The molecule has 0 aliphatic carbocycles. The van der Waals surface area contributed by atoms with Crippen molar-refractivity contribution in [1.82, 2.24) is 0 Å². The van der Waals surface area contributed by atoms with E-state index < -0.39 is 0 Å². The molecule has 0 radical (unpaired) electrons. The van der Waals surface area contributed by atoms with Crippen LogP contribution < -0.4 is 20.5 Å². The Bertz CT molecular complexity index is 720. The van der Waals surface area contributed by atoms with Gasteiger partial charge in [0.2, 0.25) is 0 Å². The van der Waals surface area contributed by atoms with Crippen LogP contribution >= 0.6 is 24.0 Å². The van der Waals surface area contributed by atoms with Gasteiger partial charge in [0.25, 0.3) is 0 Å². The first kappa shape index (κ1) is 22.1. The summed E-state index contributed by atoms with van der Waals surface area (Å²) in [4.78, 5) is 4.40. The number of guanidine groups is 1. The Hall–Kier alpha value is -1.96. The second kappa shape index (κ2) is 11.6. The molecule has 0 spiro atoms. The predicted octanol–water partition coefficient (Wildman–Crippen LogP) is 4.59. The SMILES string of the molecule is CCCOc1ccc(CN=C(N)Nc2cccc(CC)c2)cc1OC.I. The Balaban J connectivity index is 0.00000338. The molecule has 0 saturated carbocycles. The van der Waals surface area contributed by atoms with Crippen LogP contribution in [-0.2, 0) is 13.0 Å². The number of nitrogens with two attached hydrogens (primary N) is 1. The number of nitrogens with zero attached hydrogens (tertiary/aromatic N) is 1. The topological polar surface area (TPSA) is 68.9 Å². The number of benzene rings is 2. The zero-order valence-electron chi connectivity index (χ0n) is 15.6. The lowest BCUT2D eigenvalue weighted by Crippen LogP contribution is -2.22.